The average molecular weight is 208 g/mol. The first-order chi connectivity index (χ1) is 7.20. The standard InChI is InChI=1S/C11H13FN2O/c1-8-4-10(12)6-14(8)11-3-2-9(7-15)5-13-11/h2-3,5,7-8,10H,4,6H2,1H3/t8-,10-/m0/s1. The fourth-order valence-electron chi connectivity index (χ4n) is 1.92. The van der Waals surface area contributed by atoms with Crippen LogP contribution in [0.25, 0.3) is 0 Å². The van der Waals surface area contributed by atoms with E-state index in [1.54, 1.807) is 12.1 Å². The van der Waals surface area contributed by atoms with Gasteiger partial charge in [0.15, 0.2) is 6.29 Å². The number of halogens is 1. The number of anilines is 1. The summed E-state index contributed by atoms with van der Waals surface area (Å²) in [7, 11) is 0. The maximum atomic E-state index is 13.1. The molecule has 80 valence electrons. The van der Waals surface area contributed by atoms with E-state index in [0.29, 0.717) is 18.5 Å². The quantitative estimate of drug-likeness (QED) is 0.695. The van der Waals surface area contributed by atoms with E-state index in [4.69, 9.17) is 0 Å². The fourth-order valence-corrected chi connectivity index (χ4v) is 1.92. The van der Waals surface area contributed by atoms with E-state index < -0.39 is 6.17 Å². The lowest BCUT2D eigenvalue weighted by molar-refractivity contribution is 0.112. The van der Waals surface area contributed by atoms with Crippen molar-refractivity contribution in [3.05, 3.63) is 23.9 Å². The highest BCUT2D eigenvalue weighted by Gasteiger charge is 2.29. The highest BCUT2D eigenvalue weighted by atomic mass is 19.1. The van der Waals surface area contributed by atoms with Crippen LogP contribution >= 0.6 is 0 Å². The Kier molecular flexibility index (Phi) is 2.66. The molecule has 0 spiro atoms. The molecule has 1 aliphatic heterocycles. The molecule has 1 aromatic rings. The zero-order chi connectivity index (χ0) is 10.8. The summed E-state index contributed by atoms with van der Waals surface area (Å²) < 4.78 is 13.1. The second-order valence-electron chi connectivity index (χ2n) is 3.90. The van der Waals surface area contributed by atoms with Crippen LogP contribution in [-0.2, 0) is 0 Å². The SMILES string of the molecule is C[C@H]1C[C@H](F)CN1c1ccc(C=O)cn1. The third kappa shape index (κ3) is 1.98. The molecule has 0 bridgehead atoms. The van der Waals surface area contributed by atoms with Gasteiger partial charge in [0.2, 0.25) is 0 Å². The molecular weight excluding hydrogens is 195 g/mol. The molecule has 2 rings (SSSR count). The molecule has 0 aliphatic carbocycles. The molecule has 1 aliphatic rings. The average Bonchev–Trinajstić information content (AvgIpc) is 2.58. The maximum absolute atomic E-state index is 13.1. The molecule has 2 heterocycles. The Labute approximate surface area is 87.9 Å². The minimum absolute atomic E-state index is 0.176. The Balaban J connectivity index is 2.18. The molecule has 0 radical (unpaired) electrons. The zero-order valence-corrected chi connectivity index (χ0v) is 8.56. The molecule has 0 amide bonds. The molecule has 15 heavy (non-hydrogen) atoms. The molecule has 0 unspecified atom stereocenters. The fraction of sp³-hybridized carbons (Fsp3) is 0.455. The van der Waals surface area contributed by atoms with Crippen LogP contribution in [0.15, 0.2) is 18.3 Å². The molecule has 0 N–H and O–H groups in total. The van der Waals surface area contributed by atoms with Crippen LogP contribution in [0.5, 0.6) is 0 Å². The summed E-state index contributed by atoms with van der Waals surface area (Å²) in [6.07, 6.45) is 2.05. The largest absolute Gasteiger partial charge is 0.351 e. The Morgan fingerprint density at radius 2 is 2.40 bits per heavy atom. The second-order valence-corrected chi connectivity index (χ2v) is 3.90. The Bertz CT molecular complexity index is 352. The summed E-state index contributed by atoms with van der Waals surface area (Å²) in [5.74, 6) is 0.744. The summed E-state index contributed by atoms with van der Waals surface area (Å²) in [5, 5.41) is 0. The highest BCUT2D eigenvalue weighted by molar-refractivity contribution is 5.74. The number of pyridine rings is 1. The van der Waals surface area contributed by atoms with E-state index in [-0.39, 0.29) is 6.04 Å². The number of alkyl halides is 1. The van der Waals surface area contributed by atoms with Crippen molar-refractivity contribution in [2.24, 2.45) is 0 Å². The van der Waals surface area contributed by atoms with E-state index >= 15 is 0 Å². The van der Waals surface area contributed by atoms with Crippen molar-refractivity contribution in [1.82, 2.24) is 4.98 Å². The van der Waals surface area contributed by atoms with Crippen LogP contribution in [0.1, 0.15) is 23.7 Å². The Morgan fingerprint density at radius 3 is 2.87 bits per heavy atom. The zero-order valence-electron chi connectivity index (χ0n) is 8.56. The van der Waals surface area contributed by atoms with Gasteiger partial charge in [-0.05, 0) is 19.1 Å². The Hall–Kier alpha value is -1.45. The smallest absolute Gasteiger partial charge is 0.151 e. The predicted molar refractivity (Wildman–Crippen MR) is 55.9 cm³/mol. The van der Waals surface area contributed by atoms with Crippen LogP contribution in [0, 0.1) is 0 Å². The van der Waals surface area contributed by atoms with Crippen molar-refractivity contribution < 1.29 is 9.18 Å². The summed E-state index contributed by atoms with van der Waals surface area (Å²) >= 11 is 0. The topological polar surface area (TPSA) is 33.2 Å². The van der Waals surface area contributed by atoms with Gasteiger partial charge in [0, 0.05) is 24.2 Å². The van der Waals surface area contributed by atoms with Gasteiger partial charge in [-0.1, -0.05) is 0 Å². The number of rotatable bonds is 2. The van der Waals surface area contributed by atoms with Gasteiger partial charge in [-0.3, -0.25) is 4.79 Å². The molecule has 1 aromatic heterocycles. The van der Waals surface area contributed by atoms with Crippen molar-refractivity contribution in [2.75, 3.05) is 11.4 Å². The third-order valence-corrected chi connectivity index (χ3v) is 2.72. The van der Waals surface area contributed by atoms with Gasteiger partial charge in [-0.25, -0.2) is 9.37 Å². The molecule has 1 fully saturated rings. The molecule has 3 nitrogen and oxygen atoms in total. The first kappa shape index (κ1) is 10.1. The van der Waals surface area contributed by atoms with Crippen molar-refractivity contribution in [1.29, 1.82) is 0 Å². The second kappa shape index (κ2) is 3.96. The third-order valence-electron chi connectivity index (χ3n) is 2.72. The number of aromatic nitrogens is 1. The van der Waals surface area contributed by atoms with Crippen molar-refractivity contribution in [3.8, 4) is 0 Å². The van der Waals surface area contributed by atoms with Crippen LogP contribution < -0.4 is 4.90 Å². The monoisotopic (exact) mass is 208 g/mol. The van der Waals surface area contributed by atoms with Gasteiger partial charge < -0.3 is 4.90 Å². The minimum Gasteiger partial charge on any atom is -0.351 e. The molecule has 0 saturated carbocycles. The van der Waals surface area contributed by atoms with Gasteiger partial charge in [-0.2, -0.15) is 0 Å². The summed E-state index contributed by atoms with van der Waals surface area (Å²) in [6, 6.07) is 3.64. The lowest BCUT2D eigenvalue weighted by Crippen LogP contribution is -2.27. The van der Waals surface area contributed by atoms with Crippen molar-refractivity contribution in [3.63, 3.8) is 0 Å². The number of aldehydes is 1. The minimum atomic E-state index is -0.771. The molecule has 2 atom stereocenters. The lowest BCUT2D eigenvalue weighted by atomic mass is 10.2. The van der Waals surface area contributed by atoms with E-state index in [1.807, 2.05) is 11.8 Å². The van der Waals surface area contributed by atoms with Gasteiger partial charge in [-0.15, -0.1) is 0 Å². The molecule has 0 aromatic carbocycles. The highest BCUT2D eigenvalue weighted by Crippen LogP contribution is 2.25. The van der Waals surface area contributed by atoms with Crippen LogP contribution in [0.4, 0.5) is 10.2 Å². The van der Waals surface area contributed by atoms with E-state index in [2.05, 4.69) is 4.98 Å². The number of hydrogen-bond acceptors (Lipinski definition) is 3. The number of hydrogen-bond donors (Lipinski definition) is 0. The summed E-state index contributed by atoms with van der Waals surface area (Å²) in [5.41, 5.74) is 0.544. The van der Waals surface area contributed by atoms with Gasteiger partial charge in [0.1, 0.15) is 12.0 Å². The van der Waals surface area contributed by atoms with Crippen LogP contribution in [0.2, 0.25) is 0 Å². The number of carbonyl (C=O) groups is 1. The maximum Gasteiger partial charge on any atom is 0.151 e. The summed E-state index contributed by atoms with van der Waals surface area (Å²) in [4.78, 5) is 16.5. The van der Waals surface area contributed by atoms with E-state index in [1.165, 1.54) is 6.20 Å². The van der Waals surface area contributed by atoms with Gasteiger partial charge >= 0.3 is 0 Å². The van der Waals surface area contributed by atoms with Crippen LogP contribution in [-0.4, -0.2) is 30.0 Å². The van der Waals surface area contributed by atoms with E-state index in [9.17, 15) is 9.18 Å². The first-order valence-electron chi connectivity index (χ1n) is 5.02. The van der Waals surface area contributed by atoms with Gasteiger partial charge in [0.05, 0.1) is 6.54 Å². The number of nitrogens with zero attached hydrogens (tertiary/aromatic N) is 2. The first-order valence-corrected chi connectivity index (χ1v) is 5.02. The van der Waals surface area contributed by atoms with E-state index in [0.717, 1.165) is 12.1 Å². The lowest BCUT2D eigenvalue weighted by Gasteiger charge is -2.21. The van der Waals surface area contributed by atoms with Crippen LogP contribution in [0.3, 0.4) is 0 Å². The summed E-state index contributed by atoms with van der Waals surface area (Å²) in [6.45, 7) is 2.38. The normalized spacial score (nSPS) is 25.6. The molecular formula is C11H13FN2O. The molecule has 4 heteroatoms. The van der Waals surface area contributed by atoms with Gasteiger partial charge in [0.25, 0.3) is 0 Å². The Morgan fingerprint density at radius 1 is 1.60 bits per heavy atom. The predicted octanol–water partition coefficient (Wildman–Crippen LogP) is 1.83. The van der Waals surface area contributed by atoms with Crippen molar-refractivity contribution in [2.45, 2.75) is 25.6 Å². The molecule has 1 saturated heterocycles. The number of carbonyl (C=O) groups excluding carboxylic acids is 1. The van der Waals surface area contributed by atoms with Crippen molar-refractivity contribution >= 4 is 12.1 Å².